The third kappa shape index (κ3) is 7.08. The Labute approximate surface area is 245 Å². The van der Waals surface area contributed by atoms with Crippen molar-refractivity contribution in [3.05, 3.63) is 82.4 Å². The van der Waals surface area contributed by atoms with Crippen LogP contribution in [0.2, 0.25) is 5.02 Å². The first-order valence-corrected chi connectivity index (χ1v) is 13.8. The van der Waals surface area contributed by atoms with Crippen molar-refractivity contribution in [1.82, 2.24) is 14.5 Å². The van der Waals surface area contributed by atoms with E-state index in [4.69, 9.17) is 26.2 Å². The van der Waals surface area contributed by atoms with Gasteiger partial charge in [0, 0.05) is 29.4 Å². The molecule has 1 fully saturated rings. The summed E-state index contributed by atoms with van der Waals surface area (Å²) < 4.78 is 52.7. The van der Waals surface area contributed by atoms with Gasteiger partial charge in [-0.05, 0) is 67.7 Å². The summed E-state index contributed by atoms with van der Waals surface area (Å²) in [4.78, 5) is 17.8. The number of likely N-dealkylation sites (tertiary alicyclic amines) is 1. The van der Waals surface area contributed by atoms with Crippen molar-refractivity contribution in [2.45, 2.75) is 38.5 Å². The Bertz CT molecular complexity index is 1570. The molecule has 1 aliphatic rings. The van der Waals surface area contributed by atoms with E-state index in [1.165, 1.54) is 12.1 Å². The number of aryl methyl sites for hydroxylation is 1. The normalized spacial score (nSPS) is 14.4. The van der Waals surface area contributed by atoms with Crippen LogP contribution in [0.3, 0.4) is 0 Å². The third-order valence-electron chi connectivity index (χ3n) is 7.40. The number of benzene rings is 3. The minimum atomic E-state index is -3.05. The summed E-state index contributed by atoms with van der Waals surface area (Å²) in [7, 11) is 1.80. The van der Waals surface area contributed by atoms with Gasteiger partial charge >= 0.3 is 12.6 Å². The third-order valence-corrected chi connectivity index (χ3v) is 7.63. The Morgan fingerprint density at radius 1 is 1.17 bits per heavy atom. The highest BCUT2D eigenvalue weighted by atomic mass is 35.5. The molecule has 0 bridgehead atoms. The minimum absolute atomic E-state index is 0.101. The van der Waals surface area contributed by atoms with Gasteiger partial charge in [-0.3, -0.25) is 9.69 Å². The van der Waals surface area contributed by atoms with E-state index in [-0.39, 0.29) is 18.9 Å². The average Bonchev–Trinajstić information content (AvgIpc) is 3.27. The number of carboxylic acid groups (broad SMARTS) is 1. The second-order valence-corrected chi connectivity index (χ2v) is 10.6. The molecule has 222 valence electrons. The van der Waals surface area contributed by atoms with Gasteiger partial charge in [-0.25, -0.2) is 9.37 Å². The number of hydrogen-bond acceptors (Lipinski definition) is 6. The molecule has 12 heteroatoms. The van der Waals surface area contributed by atoms with Gasteiger partial charge in [0.15, 0.2) is 5.75 Å². The highest BCUT2D eigenvalue weighted by molar-refractivity contribution is 6.30. The van der Waals surface area contributed by atoms with Crippen LogP contribution in [0.25, 0.3) is 11.0 Å². The van der Waals surface area contributed by atoms with Crippen LogP contribution in [-0.2, 0) is 25.0 Å². The average molecular weight is 603 g/mol. The summed E-state index contributed by atoms with van der Waals surface area (Å²) in [6.07, 6.45) is 1.81. The monoisotopic (exact) mass is 602 g/mol. The largest absolute Gasteiger partial charge is 0.489 e. The molecule has 42 heavy (non-hydrogen) atoms. The molecule has 1 aliphatic heterocycles. The molecule has 0 saturated carbocycles. The summed E-state index contributed by atoms with van der Waals surface area (Å²) in [6, 6.07) is 15.4. The summed E-state index contributed by atoms with van der Waals surface area (Å²) in [5, 5.41) is 12.0. The number of rotatable bonds is 11. The molecule has 1 aromatic heterocycles. The van der Waals surface area contributed by atoms with Crippen molar-refractivity contribution < 1.29 is 32.5 Å². The van der Waals surface area contributed by atoms with E-state index in [1.807, 2.05) is 22.8 Å². The summed E-state index contributed by atoms with van der Waals surface area (Å²) in [6.45, 7) is -1.18. The van der Waals surface area contributed by atoms with E-state index < -0.39 is 18.4 Å². The number of nitrogens with zero attached hydrogens (tertiary/aromatic N) is 3. The minimum Gasteiger partial charge on any atom is -0.489 e. The predicted octanol–water partition coefficient (Wildman–Crippen LogP) is 6.42. The molecule has 4 aromatic rings. The van der Waals surface area contributed by atoms with Crippen molar-refractivity contribution in [2.75, 3.05) is 25.0 Å². The maximum absolute atomic E-state index is 14.1. The van der Waals surface area contributed by atoms with E-state index in [0.717, 1.165) is 31.5 Å². The van der Waals surface area contributed by atoms with Crippen LogP contribution in [0.15, 0.2) is 54.6 Å². The Morgan fingerprint density at radius 3 is 2.67 bits per heavy atom. The van der Waals surface area contributed by atoms with E-state index >= 15 is 0 Å². The molecule has 0 radical (unpaired) electrons. The molecular weight excluding hydrogens is 573 g/mol. The lowest BCUT2D eigenvalue weighted by Crippen LogP contribution is -2.33. The number of anilines is 1. The number of aromatic nitrogens is 2. The maximum atomic E-state index is 14.1. The summed E-state index contributed by atoms with van der Waals surface area (Å²) in [5.41, 5.74) is 2.78. The van der Waals surface area contributed by atoms with Crippen molar-refractivity contribution in [1.29, 1.82) is 0 Å². The van der Waals surface area contributed by atoms with Crippen molar-refractivity contribution >= 4 is 34.3 Å². The lowest BCUT2D eigenvalue weighted by atomic mass is 9.89. The summed E-state index contributed by atoms with van der Waals surface area (Å²) >= 11 is 5.83. The van der Waals surface area contributed by atoms with Crippen LogP contribution < -0.4 is 14.8 Å². The fourth-order valence-electron chi connectivity index (χ4n) is 5.19. The zero-order chi connectivity index (χ0) is 29.8. The van der Waals surface area contributed by atoms with Gasteiger partial charge in [0.2, 0.25) is 0 Å². The number of ether oxygens (including phenoxy) is 2. The maximum Gasteiger partial charge on any atom is 0.387 e. The van der Waals surface area contributed by atoms with Crippen molar-refractivity contribution in [3.63, 3.8) is 0 Å². The van der Waals surface area contributed by atoms with Crippen LogP contribution in [0.5, 0.6) is 11.5 Å². The molecule has 0 unspecified atom stereocenters. The first kappa shape index (κ1) is 29.5. The van der Waals surface area contributed by atoms with E-state index in [9.17, 15) is 18.0 Å². The Hall–Kier alpha value is -3.96. The van der Waals surface area contributed by atoms with Crippen molar-refractivity contribution in [2.24, 2.45) is 7.05 Å². The topological polar surface area (TPSA) is 88.9 Å². The molecule has 2 N–H and O–H groups in total. The highest BCUT2D eigenvalue weighted by Gasteiger charge is 2.24. The molecule has 0 atom stereocenters. The molecule has 1 saturated heterocycles. The van der Waals surface area contributed by atoms with Crippen LogP contribution in [-0.4, -0.2) is 51.8 Å². The number of halogens is 4. The number of imidazole rings is 1. The molecule has 2 heterocycles. The van der Waals surface area contributed by atoms with Gasteiger partial charge < -0.3 is 24.5 Å². The smallest absolute Gasteiger partial charge is 0.387 e. The van der Waals surface area contributed by atoms with Gasteiger partial charge in [0.05, 0.1) is 12.1 Å². The van der Waals surface area contributed by atoms with Gasteiger partial charge in [-0.1, -0.05) is 29.8 Å². The zero-order valence-corrected chi connectivity index (χ0v) is 23.6. The number of carboxylic acids is 1. The molecule has 3 aromatic carbocycles. The first-order chi connectivity index (χ1) is 20.2. The zero-order valence-electron chi connectivity index (χ0n) is 22.8. The number of fused-ring (bicyclic) bond motifs is 1. The molecule has 0 amide bonds. The predicted molar refractivity (Wildman–Crippen MR) is 153 cm³/mol. The molecule has 5 rings (SSSR count). The lowest BCUT2D eigenvalue weighted by molar-refractivity contribution is -0.134. The first-order valence-electron chi connectivity index (χ1n) is 13.4. The SMILES string of the molecule is Cn1c(CN2CCC(c3cccc(OCc4ccc(Cl)cc4F)c3)CC2)nc2c(OC(F)F)cc(NCC(=O)O)cc21. The number of carbonyl (C=O) groups is 1. The Kier molecular flexibility index (Phi) is 9.08. The number of piperidine rings is 1. The van der Waals surface area contributed by atoms with Gasteiger partial charge in [-0.2, -0.15) is 8.78 Å². The van der Waals surface area contributed by atoms with Gasteiger partial charge in [0.25, 0.3) is 0 Å². The van der Waals surface area contributed by atoms with E-state index in [0.29, 0.717) is 51.3 Å². The second-order valence-electron chi connectivity index (χ2n) is 10.2. The second kappa shape index (κ2) is 12.9. The quantitative estimate of drug-likeness (QED) is 0.205. The standard InChI is InChI=1S/C30H30ClF3N4O4/c1-37-25-13-22(35-15-28(39)40)14-26(42-30(33)34)29(25)36-27(37)16-38-9-7-18(8-10-38)19-3-2-4-23(11-19)41-17-20-5-6-21(31)12-24(20)32/h2-6,11-14,18,30,35H,7-10,15-17H2,1H3,(H,39,40). The Balaban J connectivity index is 1.23. The molecule has 0 aliphatic carbocycles. The van der Waals surface area contributed by atoms with Crippen LogP contribution in [0.4, 0.5) is 18.9 Å². The highest BCUT2D eigenvalue weighted by Crippen LogP contribution is 2.34. The fraction of sp³-hybridized carbons (Fsp3) is 0.333. The number of hydrogen-bond donors (Lipinski definition) is 2. The van der Waals surface area contributed by atoms with Gasteiger partial charge in [-0.15, -0.1) is 0 Å². The summed E-state index contributed by atoms with van der Waals surface area (Å²) in [5.74, 6) is 0.0851. The van der Waals surface area contributed by atoms with Gasteiger partial charge in [0.1, 0.15) is 36.1 Å². The molecule has 8 nitrogen and oxygen atoms in total. The van der Waals surface area contributed by atoms with Crippen LogP contribution in [0, 0.1) is 5.82 Å². The van der Waals surface area contributed by atoms with E-state index in [1.54, 1.807) is 25.2 Å². The number of nitrogens with one attached hydrogen (secondary N) is 1. The Morgan fingerprint density at radius 2 is 1.95 bits per heavy atom. The fourth-order valence-corrected chi connectivity index (χ4v) is 5.35. The lowest BCUT2D eigenvalue weighted by Gasteiger charge is -2.32. The van der Waals surface area contributed by atoms with E-state index in [2.05, 4.69) is 21.3 Å². The number of aliphatic carboxylic acids is 1. The molecular formula is C30H30ClF3N4O4. The number of alkyl halides is 2. The molecule has 0 spiro atoms. The van der Waals surface area contributed by atoms with Crippen LogP contribution in [0.1, 0.15) is 35.7 Å². The van der Waals surface area contributed by atoms with Crippen LogP contribution >= 0.6 is 11.6 Å². The van der Waals surface area contributed by atoms with Crippen molar-refractivity contribution in [3.8, 4) is 11.5 Å².